The van der Waals surface area contributed by atoms with Crippen LogP contribution in [0.5, 0.6) is 5.75 Å². The summed E-state index contributed by atoms with van der Waals surface area (Å²) in [4.78, 5) is 74.9. The Morgan fingerprint density at radius 1 is 0.833 bits per heavy atom. The van der Waals surface area contributed by atoms with Crippen LogP contribution >= 0.6 is 0 Å². The van der Waals surface area contributed by atoms with Gasteiger partial charge >= 0.3 is 5.97 Å². The number of aliphatic hydroxyl groups is 6. The number of unbranched alkanes of at least 4 members (excludes halogenated alkanes) is 1. The van der Waals surface area contributed by atoms with Gasteiger partial charge in [0.05, 0.1) is 37.4 Å². The second-order valence-electron chi connectivity index (χ2n) is 18.4. The Balaban J connectivity index is 0.866. The topological polar surface area (TPSA) is 330 Å². The zero-order valence-corrected chi connectivity index (χ0v) is 37.6. The molecule has 0 bridgehead atoms. The van der Waals surface area contributed by atoms with Gasteiger partial charge in [-0.3, -0.25) is 50.5 Å². The fraction of sp³-hybridized carbons (Fsp3) is 0.727. The third-order valence-electron chi connectivity index (χ3n) is 14.1. The van der Waals surface area contributed by atoms with Crippen molar-refractivity contribution in [1.82, 2.24) is 27.0 Å². The maximum atomic E-state index is 13.2. The number of hydrogen-bond acceptors (Lipinski definition) is 17. The van der Waals surface area contributed by atoms with E-state index in [4.69, 9.17) is 23.7 Å². The number of amides is 5. The summed E-state index contributed by atoms with van der Waals surface area (Å²) in [6.07, 6.45) is -10.8. The van der Waals surface area contributed by atoms with Crippen molar-refractivity contribution in [3.63, 3.8) is 0 Å². The molecule has 1 aromatic carbocycles. The van der Waals surface area contributed by atoms with Gasteiger partial charge in [-0.05, 0) is 98.3 Å². The predicted molar refractivity (Wildman–Crippen MR) is 226 cm³/mol. The molecular formula is C44H65N5O17. The molecule has 368 valence electrons. The molecule has 2 saturated carbocycles. The number of carbonyl (C=O) groups excluding carboxylic acids is 6. The van der Waals surface area contributed by atoms with E-state index in [-0.39, 0.29) is 49.9 Å². The van der Waals surface area contributed by atoms with Crippen molar-refractivity contribution in [2.75, 3.05) is 13.7 Å². The van der Waals surface area contributed by atoms with Crippen LogP contribution in [0.2, 0.25) is 0 Å². The van der Waals surface area contributed by atoms with Crippen LogP contribution in [0.25, 0.3) is 0 Å². The fourth-order valence-electron chi connectivity index (χ4n) is 10.6. The molecular weight excluding hydrogens is 871 g/mol. The summed E-state index contributed by atoms with van der Waals surface area (Å²) in [6.45, 7) is 4.27. The molecule has 5 aliphatic rings. The number of methoxy groups -OCH3 is 1. The lowest BCUT2D eigenvalue weighted by Crippen LogP contribution is -2.68. The first-order valence-electron chi connectivity index (χ1n) is 22.6. The lowest BCUT2D eigenvalue weighted by Gasteiger charge is -2.49. The summed E-state index contributed by atoms with van der Waals surface area (Å²) >= 11 is 0. The zero-order valence-electron chi connectivity index (χ0n) is 37.6. The zero-order chi connectivity index (χ0) is 48.0. The minimum Gasteiger partial charge on any atom is -0.427 e. The molecule has 10 unspecified atom stereocenters. The number of aryl methyl sites for hydroxylation is 1. The Kier molecular flexibility index (Phi) is 17.1. The van der Waals surface area contributed by atoms with Gasteiger partial charge in [-0.1, -0.05) is 13.0 Å². The molecule has 66 heavy (non-hydrogen) atoms. The van der Waals surface area contributed by atoms with Crippen molar-refractivity contribution in [1.29, 1.82) is 0 Å². The Morgan fingerprint density at radius 2 is 1.50 bits per heavy atom. The highest BCUT2D eigenvalue weighted by Crippen LogP contribution is 2.61. The molecule has 6 rings (SSSR count). The van der Waals surface area contributed by atoms with Gasteiger partial charge in [-0.15, -0.1) is 0 Å². The van der Waals surface area contributed by atoms with Gasteiger partial charge in [-0.25, -0.2) is 0 Å². The second kappa shape index (κ2) is 22.2. The molecule has 2 heterocycles. The van der Waals surface area contributed by atoms with Crippen molar-refractivity contribution in [3.8, 4) is 5.75 Å². The quantitative estimate of drug-likeness (QED) is 0.0389. The molecule has 22 nitrogen and oxygen atoms in total. The molecule has 2 aliphatic heterocycles. The van der Waals surface area contributed by atoms with Crippen molar-refractivity contribution >= 4 is 35.5 Å². The average Bonchev–Trinajstić information content (AvgIpc) is 3.52. The summed E-state index contributed by atoms with van der Waals surface area (Å²) in [7, 11) is 1.15. The molecule has 2 saturated heterocycles. The summed E-state index contributed by atoms with van der Waals surface area (Å²) in [5.74, 6) is -2.61. The summed E-state index contributed by atoms with van der Waals surface area (Å²) < 4.78 is 27.8. The molecule has 5 amide bonds. The van der Waals surface area contributed by atoms with E-state index in [1.54, 1.807) is 13.0 Å². The molecule has 4 fully saturated rings. The first-order valence-corrected chi connectivity index (χ1v) is 22.6. The highest BCUT2D eigenvalue weighted by Gasteiger charge is 2.58. The number of esters is 1. The summed E-state index contributed by atoms with van der Waals surface area (Å²) in [5, 5.41) is 65.9. The number of hydrazine groups is 2. The first kappa shape index (κ1) is 51.0. The van der Waals surface area contributed by atoms with Crippen LogP contribution < -0.4 is 31.8 Å². The van der Waals surface area contributed by atoms with Crippen LogP contribution in [0.15, 0.2) is 18.2 Å². The molecule has 1 aromatic rings. The maximum Gasteiger partial charge on any atom is 0.311 e. The van der Waals surface area contributed by atoms with E-state index in [1.165, 1.54) is 12.5 Å². The lowest BCUT2D eigenvalue weighted by molar-refractivity contribution is -0.325. The van der Waals surface area contributed by atoms with Gasteiger partial charge in [0.1, 0.15) is 42.4 Å². The van der Waals surface area contributed by atoms with Crippen LogP contribution in [0, 0.1) is 17.3 Å². The van der Waals surface area contributed by atoms with E-state index in [0.29, 0.717) is 24.0 Å². The highest BCUT2D eigenvalue weighted by atomic mass is 16.7. The molecule has 3 aliphatic carbocycles. The van der Waals surface area contributed by atoms with Crippen molar-refractivity contribution in [3.05, 3.63) is 29.3 Å². The smallest absolute Gasteiger partial charge is 0.311 e. The number of rotatable bonds is 15. The van der Waals surface area contributed by atoms with Gasteiger partial charge in [0.2, 0.25) is 23.6 Å². The number of carbonyl (C=O) groups is 6. The average molecular weight is 936 g/mol. The first-order chi connectivity index (χ1) is 31.4. The third kappa shape index (κ3) is 11.5. The fourth-order valence-corrected chi connectivity index (χ4v) is 10.6. The SMILES string of the molecule is COC1C(C(=O)NNC(=O)CCCCC(=O)NNC(=O)CCC(=O)Oc2ccc3c(c2)CC[C@@H]2[C@@H]3CC[C@]3(C)[C@@H](O)[C@H](O)C[C@@H]23)OC(OC2C(O)C(CO)OC(C)C2NC(C)=O)C(O)C1O. The van der Waals surface area contributed by atoms with E-state index in [0.717, 1.165) is 38.4 Å². The van der Waals surface area contributed by atoms with E-state index in [2.05, 4.69) is 33.9 Å². The normalized spacial score (nSPS) is 35.8. The van der Waals surface area contributed by atoms with Crippen molar-refractivity contribution < 1.29 is 83.1 Å². The van der Waals surface area contributed by atoms with Crippen molar-refractivity contribution in [2.45, 2.75) is 171 Å². The molecule has 11 N–H and O–H groups in total. The number of fused-ring (bicyclic) bond motifs is 5. The lowest BCUT2D eigenvalue weighted by atomic mass is 9.55. The Morgan fingerprint density at radius 3 is 2.15 bits per heavy atom. The van der Waals surface area contributed by atoms with Gasteiger partial charge in [0, 0.05) is 33.3 Å². The second-order valence-corrected chi connectivity index (χ2v) is 18.4. The van der Waals surface area contributed by atoms with Crippen LogP contribution in [-0.2, 0) is 54.1 Å². The monoisotopic (exact) mass is 935 g/mol. The molecule has 0 aromatic heterocycles. The summed E-state index contributed by atoms with van der Waals surface area (Å²) in [6, 6.07) is 4.62. The van der Waals surface area contributed by atoms with Gasteiger partial charge in [-0.2, -0.15) is 0 Å². The molecule has 16 atom stereocenters. The Bertz CT molecular complexity index is 1930. The van der Waals surface area contributed by atoms with Gasteiger partial charge in [0.15, 0.2) is 12.4 Å². The van der Waals surface area contributed by atoms with Crippen LogP contribution in [-0.4, -0.2) is 153 Å². The van der Waals surface area contributed by atoms with Crippen LogP contribution in [0.3, 0.4) is 0 Å². The minimum absolute atomic E-state index is 0.0682. The van der Waals surface area contributed by atoms with E-state index in [1.807, 2.05) is 12.1 Å². The van der Waals surface area contributed by atoms with E-state index >= 15 is 0 Å². The Hall–Kier alpha value is -4.36. The van der Waals surface area contributed by atoms with Crippen LogP contribution in [0.4, 0.5) is 0 Å². The van der Waals surface area contributed by atoms with Crippen LogP contribution in [0.1, 0.15) is 102 Å². The van der Waals surface area contributed by atoms with E-state index in [9.17, 15) is 59.4 Å². The maximum absolute atomic E-state index is 13.2. The third-order valence-corrected chi connectivity index (χ3v) is 14.1. The summed E-state index contributed by atoms with van der Waals surface area (Å²) in [5.41, 5.74) is 10.9. The number of ether oxygens (including phenoxy) is 5. The number of hydrogen-bond donors (Lipinski definition) is 11. The molecule has 0 radical (unpaired) electrons. The highest BCUT2D eigenvalue weighted by molar-refractivity contribution is 5.86. The standard InChI is InChI=1S/C44H65N5O17/c1-20-34(45-21(2)51)38(35(57)29(19-50)63-20)65-43-37(59)36(58)39(62-4)40(66-43)42(61)49-48-31(54)8-6-5-7-30(53)46-47-32(55)13-14-33(56)64-23-10-12-24-22(17-23)9-11-26-25(24)15-16-44(3)27(26)18-28(52)41(44)60/h10,12,17,20,25-29,34-41,43,50,52,57-60H,5-9,11,13-16,18-19H2,1-4H3,(H,45,51)(H,46,53)(H,47,55)(H,48,54)(H,49,61)/t20?,25-,26-,27+,28-,29?,34?,35?,36?,37?,38?,39?,40?,41+,43?,44+/m1/s1. The Labute approximate surface area is 381 Å². The largest absolute Gasteiger partial charge is 0.427 e. The predicted octanol–water partition coefficient (Wildman–Crippen LogP) is -2.09. The molecule has 22 heteroatoms. The van der Waals surface area contributed by atoms with Gasteiger partial charge in [0.25, 0.3) is 5.91 Å². The number of benzene rings is 1. The van der Waals surface area contributed by atoms with Crippen molar-refractivity contribution in [2.24, 2.45) is 17.3 Å². The molecule has 0 spiro atoms. The number of nitrogens with one attached hydrogen (secondary N) is 5. The number of aliphatic hydroxyl groups excluding tert-OH is 6. The van der Waals surface area contributed by atoms with Gasteiger partial charge < -0.3 is 59.6 Å². The van der Waals surface area contributed by atoms with E-state index < -0.39 is 115 Å². The minimum atomic E-state index is -1.81.